The number of nitrogens with zero attached hydrogens (tertiary/aromatic N) is 2. The van der Waals surface area contributed by atoms with E-state index >= 15 is 0 Å². The minimum Gasteiger partial charge on any atom is -0.481 e. The van der Waals surface area contributed by atoms with Gasteiger partial charge >= 0.3 is 5.97 Å². The van der Waals surface area contributed by atoms with Gasteiger partial charge in [-0.25, -0.2) is 4.98 Å². The van der Waals surface area contributed by atoms with Crippen molar-refractivity contribution in [3.63, 3.8) is 0 Å². The van der Waals surface area contributed by atoms with Crippen LogP contribution < -0.4 is 5.56 Å². The number of rotatable bonds is 4. The maximum atomic E-state index is 11.4. The molecule has 1 aromatic heterocycles. The molecule has 1 aromatic rings. The summed E-state index contributed by atoms with van der Waals surface area (Å²) < 4.78 is 1.62. The average molecular weight is 324 g/mol. The van der Waals surface area contributed by atoms with Gasteiger partial charge in [0.25, 0.3) is 5.56 Å². The molecule has 0 spiro atoms. The molecule has 0 aliphatic heterocycles. The smallest absolute Gasteiger partial charge is 0.306 e. The van der Waals surface area contributed by atoms with Gasteiger partial charge in [0.2, 0.25) is 0 Å². The van der Waals surface area contributed by atoms with E-state index in [0.29, 0.717) is 3.57 Å². The molecule has 0 radical (unpaired) electrons. The summed E-state index contributed by atoms with van der Waals surface area (Å²) in [7, 11) is 0. The lowest BCUT2D eigenvalue weighted by Gasteiger charge is -2.09. The van der Waals surface area contributed by atoms with Crippen molar-refractivity contribution in [1.29, 1.82) is 0 Å². The minimum atomic E-state index is -1.10. The first-order valence-electron chi connectivity index (χ1n) is 4.10. The van der Waals surface area contributed by atoms with E-state index in [-0.39, 0.29) is 12.1 Å². The largest absolute Gasteiger partial charge is 0.481 e. The lowest BCUT2D eigenvalue weighted by atomic mass is 10.2. The Kier molecular flexibility index (Phi) is 4.21. The van der Waals surface area contributed by atoms with Gasteiger partial charge < -0.3 is 10.2 Å². The fraction of sp³-hybridized carbons (Fsp3) is 0.375. The number of carboxylic acids is 1. The second-order valence-electron chi connectivity index (χ2n) is 2.95. The molecule has 2 N–H and O–H groups in total. The average Bonchev–Trinajstić information content (AvgIpc) is 2.11. The summed E-state index contributed by atoms with van der Waals surface area (Å²) in [6.45, 7) is -0.0605. The quantitative estimate of drug-likeness (QED) is 0.741. The normalized spacial score (nSPS) is 12.4. The van der Waals surface area contributed by atoms with Crippen LogP contribution in [0, 0.1) is 3.57 Å². The molecule has 1 heterocycles. The van der Waals surface area contributed by atoms with E-state index < -0.39 is 18.5 Å². The van der Waals surface area contributed by atoms with Crippen LogP contribution in [-0.4, -0.2) is 31.8 Å². The molecule has 7 heteroatoms. The highest BCUT2D eigenvalue weighted by Gasteiger charge is 2.11. The Hall–Kier alpha value is -0.960. The van der Waals surface area contributed by atoms with Crippen LogP contribution in [0.5, 0.6) is 0 Å². The number of carboxylic acid groups (broad SMARTS) is 1. The van der Waals surface area contributed by atoms with Crippen molar-refractivity contribution < 1.29 is 15.0 Å². The second kappa shape index (κ2) is 5.21. The molecule has 0 amide bonds. The lowest BCUT2D eigenvalue weighted by molar-refractivity contribution is -0.139. The number of aliphatic hydroxyl groups excluding tert-OH is 1. The van der Waals surface area contributed by atoms with Gasteiger partial charge in [0.15, 0.2) is 0 Å². The number of aliphatic carboxylic acids is 1. The van der Waals surface area contributed by atoms with Crippen LogP contribution in [0.15, 0.2) is 17.3 Å². The summed E-state index contributed by atoms with van der Waals surface area (Å²) in [6.07, 6.45) is 1.20. The molecular weight excluding hydrogens is 315 g/mol. The highest BCUT2D eigenvalue weighted by molar-refractivity contribution is 14.1. The molecule has 0 aliphatic carbocycles. The van der Waals surface area contributed by atoms with E-state index in [0.717, 1.165) is 0 Å². The standard InChI is InChI=1S/C8H9IN2O4/c9-6-2-10-4-11(8(6)15)3-5(12)1-7(13)14/h2,4-5,12H,1,3H2,(H,13,14). The minimum absolute atomic E-state index is 0.0605. The Morgan fingerprint density at radius 1 is 1.67 bits per heavy atom. The molecule has 0 aromatic carbocycles. The van der Waals surface area contributed by atoms with E-state index in [2.05, 4.69) is 4.98 Å². The molecule has 0 fully saturated rings. The first kappa shape index (κ1) is 12.1. The van der Waals surface area contributed by atoms with E-state index in [9.17, 15) is 14.7 Å². The van der Waals surface area contributed by atoms with Crippen LogP contribution in [0.1, 0.15) is 6.42 Å². The van der Waals surface area contributed by atoms with Crippen LogP contribution in [0.25, 0.3) is 0 Å². The van der Waals surface area contributed by atoms with Crippen molar-refractivity contribution in [2.75, 3.05) is 0 Å². The fourth-order valence-corrected chi connectivity index (χ4v) is 1.52. The molecule has 6 nitrogen and oxygen atoms in total. The Morgan fingerprint density at radius 2 is 2.33 bits per heavy atom. The van der Waals surface area contributed by atoms with Gasteiger partial charge in [-0.15, -0.1) is 0 Å². The van der Waals surface area contributed by atoms with Crippen LogP contribution in [-0.2, 0) is 11.3 Å². The van der Waals surface area contributed by atoms with Gasteiger partial charge in [-0.3, -0.25) is 14.2 Å². The number of hydrogen-bond donors (Lipinski definition) is 2. The van der Waals surface area contributed by atoms with Crippen LogP contribution >= 0.6 is 22.6 Å². The van der Waals surface area contributed by atoms with Crippen molar-refractivity contribution in [3.8, 4) is 0 Å². The van der Waals surface area contributed by atoms with Gasteiger partial charge in [-0.05, 0) is 22.6 Å². The highest BCUT2D eigenvalue weighted by atomic mass is 127. The molecule has 0 saturated heterocycles. The highest BCUT2D eigenvalue weighted by Crippen LogP contribution is 1.97. The number of halogens is 1. The fourth-order valence-electron chi connectivity index (χ4n) is 1.05. The zero-order chi connectivity index (χ0) is 11.4. The van der Waals surface area contributed by atoms with Crippen molar-refractivity contribution in [2.45, 2.75) is 19.1 Å². The summed E-state index contributed by atoms with van der Waals surface area (Å²) in [6, 6.07) is 0. The van der Waals surface area contributed by atoms with E-state index in [1.807, 2.05) is 22.6 Å². The lowest BCUT2D eigenvalue weighted by Crippen LogP contribution is -2.29. The van der Waals surface area contributed by atoms with Crippen LogP contribution in [0.4, 0.5) is 0 Å². The van der Waals surface area contributed by atoms with E-state index in [1.54, 1.807) is 0 Å². The molecule has 0 aliphatic rings. The number of hydrogen-bond acceptors (Lipinski definition) is 4. The van der Waals surface area contributed by atoms with Crippen molar-refractivity contribution >= 4 is 28.6 Å². The Labute approximate surface area is 98.7 Å². The summed E-state index contributed by atoms with van der Waals surface area (Å²) >= 11 is 1.83. The van der Waals surface area contributed by atoms with E-state index in [4.69, 9.17) is 5.11 Å². The monoisotopic (exact) mass is 324 g/mol. The van der Waals surface area contributed by atoms with E-state index in [1.165, 1.54) is 17.1 Å². The Balaban J connectivity index is 2.77. The first-order valence-corrected chi connectivity index (χ1v) is 5.18. The summed E-state index contributed by atoms with van der Waals surface area (Å²) in [5.74, 6) is -1.10. The van der Waals surface area contributed by atoms with Gasteiger partial charge in [0.05, 0.1) is 29.0 Å². The topological polar surface area (TPSA) is 92.4 Å². The number of aliphatic hydroxyl groups is 1. The van der Waals surface area contributed by atoms with Crippen molar-refractivity contribution in [2.24, 2.45) is 0 Å². The predicted octanol–water partition coefficient (Wildman–Crippen LogP) is -0.317. The molecule has 15 heavy (non-hydrogen) atoms. The number of aromatic nitrogens is 2. The molecule has 82 valence electrons. The van der Waals surface area contributed by atoms with Gasteiger partial charge in [-0.2, -0.15) is 0 Å². The third-order valence-electron chi connectivity index (χ3n) is 1.68. The molecular formula is C8H9IN2O4. The van der Waals surface area contributed by atoms with Crippen LogP contribution in [0.2, 0.25) is 0 Å². The van der Waals surface area contributed by atoms with Gasteiger partial charge in [-0.1, -0.05) is 0 Å². The van der Waals surface area contributed by atoms with Gasteiger partial charge in [0.1, 0.15) is 0 Å². The molecule has 1 atom stereocenters. The molecule has 0 saturated carbocycles. The summed E-state index contributed by atoms with van der Waals surface area (Å²) in [5, 5.41) is 17.7. The zero-order valence-electron chi connectivity index (χ0n) is 7.63. The molecule has 1 unspecified atom stereocenters. The maximum absolute atomic E-state index is 11.4. The summed E-state index contributed by atoms with van der Waals surface area (Å²) in [5.41, 5.74) is -0.282. The second-order valence-corrected chi connectivity index (χ2v) is 4.11. The Bertz CT molecular complexity index is 417. The third kappa shape index (κ3) is 3.59. The number of carbonyl (C=O) groups is 1. The van der Waals surface area contributed by atoms with Crippen LogP contribution in [0.3, 0.4) is 0 Å². The Morgan fingerprint density at radius 3 is 2.93 bits per heavy atom. The van der Waals surface area contributed by atoms with Gasteiger partial charge in [0, 0.05) is 6.20 Å². The van der Waals surface area contributed by atoms with Crippen molar-refractivity contribution in [3.05, 3.63) is 26.4 Å². The zero-order valence-corrected chi connectivity index (χ0v) is 9.79. The predicted molar refractivity (Wildman–Crippen MR) is 59.5 cm³/mol. The maximum Gasteiger partial charge on any atom is 0.306 e. The molecule has 1 rings (SSSR count). The first-order chi connectivity index (χ1) is 7.00. The third-order valence-corrected chi connectivity index (χ3v) is 2.42. The van der Waals surface area contributed by atoms with Crippen molar-refractivity contribution in [1.82, 2.24) is 9.55 Å². The molecule has 0 bridgehead atoms. The SMILES string of the molecule is O=C(O)CC(O)Cn1cncc(I)c1=O. The summed E-state index contributed by atoms with van der Waals surface area (Å²) in [4.78, 5) is 25.5.